The van der Waals surface area contributed by atoms with Crippen molar-refractivity contribution in [1.29, 1.82) is 0 Å². The molecule has 7 nitrogen and oxygen atoms in total. The minimum Gasteiger partial charge on any atom is -0.481 e. The number of methoxy groups -OCH3 is 2. The Labute approximate surface area is 79.7 Å². The molecule has 7 heteroatoms. The van der Waals surface area contributed by atoms with E-state index in [9.17, 15) is 4.79 Å². The molecule has 0 atom stereocenters. The van der Waals surface area contributed by atoms with Crippen LogP contribution in [0.5, 0.6) is 12.0 Å². The summed E-state index contributed by atoms with van der Waals surface area (Å²) in [4.78, 5) is 21.6. The van der Waals surface area contributed by atoms with Gasteiger partial charge in [0.15, 0.2) is 5.82 Å². The molecule has 1 aromatic rings. The van der Waals surface area contributed by atoms with Crippen LogP contribution in [-0.4, -0.2) is 40.2 Å². The number of carboxylic acid groups (broad SMARTS) is 1. The summed E-state index contributed by atoms with van der Waals surface area (Å²) in [6.07, 6.45) is -0.296. The molecule has 76 valence electrons. The van der Waals surface area contributed by atoms with Crippen molar-refractivity contribution >= 4 is 5.97 Å². The Balaban J connectivity index is 2.98. The summed E-state index contributed by atoms with van der Waals surface area (Å²) in [7, 11) is 2.75. The summed E-state index contributed by atoms with van der Waals surface area (Å²) in [6.45, 7) is 0. The Morgan fingerprint density at radius 1 is 1.21 bits per heavy atom. The summed E-state index contributed by atoms with van der Waals surface area (Å²) >= 11 is 0. The third-order valence-corrected chi connectivity index (χ3v) is 1.32. The number of hydrogen-bond donors (Lipinski definition) is 1. The maximum Gasteiger partial charge on any atom is 0.322 e. The lowest BCUT2D eigenvalue weighted by atomic mass is 10.4. The Hall–Kier alpha value is -1.92. The van der Waals surface area contributed by atoms with E-state index in [0.717, 1.165) is 0 Å². The highest BCUT2D eigenvalue weighted by atomic mass is 16.5. The van der Waals surface area contributed by atoms with Crippen LogP contribution in [-0.2, 0) is 11.2 Å². The third kappa shape index (κ3) is 2.54. The molecule has 0 aliphatic heterocycles. The van der Waals surface area contributed by atoms with Crippen LogP contribution in [0.25, 0.3) is 0 Å². The first kappa shape index (κ1) is 10.2. The molecular formula is C7H9N3O4. The fourth-order valence-corrected chi connectivity index (χ4v) is 0.775. The highest BCUT2D eigenvalue weighted by Crippen LogP contribution is 2.08. The average molecular weight is 199 g/mol. The van der Waals surface area contributed by atoms with Gasteiger partial charge in [0.25, 0.3) is 0 Å². The van der Waals surface area contributed by atoms with Gasteiger partial charge < -0.3 is 14.6 Å². The molecule has 0 unspecified atom stereocenters. The molecule has 1 heterocycles. The lowest BCUT2D eigenvalue weighted by molar-refractivity contribution is -0.136. The van der Waals surface area contributed by atoms with Gasteiger partial charge in [0.05, 0.1) is 14.2 Å². The van der Waals surface area contributed by atoms with Crippen LogP contribution in [0, 0.1) is 0 Å². The Bertz CT molecular complexity index is 319. The number of hydrogen-bond acceptors (Lipinski definition) is 6. The molecule has 0 radical (unpaired) electrons. The predicted molar refractivity (Wildman–Crippen MR) is 44.3 cm³/mol. The molecular weight excluding hydrogens is 190 g/mol. The van der Waals surface area contributed by atoms with Crippen LogP contribution < -0.4 is 9.47 Å². The Morgan fingerprint density at radius 2 is 1.71 bits per heavy atom. The van der Waals surface area contributed by atoms with Crippen molar-refractivity contribution in [2.24, 2.45) is 0 Å². The van der Waals surface area contributed by atoms with Gasteiger partial charge in [-0.1, -0.05) is 0 Å². The monoisotopic (exact) mass is 199 g/mol. The van der Waals surface area contributed by atoms with E-state index in [1.807, 2.05) is 0 Å². The molecule has 0 saturated carbocycles. The first-order valence-electron chi connectivity index (χ1n) is 3.70. The van der Waals surface area contributed by atoms with Crippen molar-refractivity contribution < 1.29 is 19.4 Å². The SMILES string of the molecule is COc1nc(CC(=O)O)nc(OC)n1. The molecule has 0 amide bonds. The second-order valence-corrected chi connectivity index (χ2v) is 2.30. The second kappa shape index (κ2) is 4.35. The van der Waals surface area contributed by atoms with E-state index in [0.29, 0.717) is 0 Å². The van der Waals surface area contributed by atoms with Crippen LogP contribution in [0.2, 0.25) is 0 Å². The van der Waals surface area contributed by atoms with Crippen molar-refractivity contribution in [3.63, 3.8) is 0 Å². The van der Waals surface area contributed by atoms with Crippen molar-refractivity contribution in [3.8, 4) is 12.0 Å². The molecule has 0 fully saturated rings. The maximum absolute atomic E-state index is 10.4. The minimum atomic E-state index is -1.03. The second-order valence-electron chi connectivity index (χ2n) is 2.30. The molecule has 0 aromatic carbocycles. The van der Waals surface area contributed by atoms with E-state index in [2.05, 4.69) is 15.0 Å². The molecule has 1 aromatic heterocycles. The molecule has 0 aliphatic rings. The van der Waals surface area contributed by atoms with E-state index in [-0.39, 0.29) is 24.3 Å². The van der Waals surface area contributed by atoms with Gasteiger partial charge in [-0.2, -0.15) is 9.97 Å². The van der Waals surface area contributed by atoms with Gasteiger partial charge >= 0.3 is 18.0 Å². The van der Waals surface area contributed by atoms with E-state index in [1.165, 1.54) is 14.2 Å². The van der Waals surface area contributed by atoms with Crippen LogP contribution >= 0.6 is 0 Å². The highest BCUT2D eigenvalue weighted by Gasteiger charge is 2.09. The van der Waals surface area contributed by atoms with Crippen molar-refractivity contribution in [1.82, 2.24) is 15.0 Å². The van der Waals surface area contributed by atoms with Crippen molar-refractivity contribution in [2.45, 2.75) is 6.42 Å². The van der Waals surface area contributed by atoms with Gasteiger partial charge in [0.2, 0.25) is 0 Å². The molecule has 14 heavy (non-hydrogen) atoms. The fraction of sp³-hybridized carbons (Fsp3) is 0.429. The smallest absolute Gasteiger partial charge is 0.322 e. The third-order valence-electron chi connectivity index (χ3n) is 1.32. The van der Waals surface area contributed by atoms with E-state index in [1.54, 1.807) is 0 Å². The summed E-state index contributed by atoms with van der Waals surface area (Å²) < 4.78 is 9.49. The molecule has 0 spiro atoms. The fourth-order valence-electron chi connectivity index (χ4n) is 0.775. The largest absolute Gasteiger partial charge is 0.481 e. The van der Waals surface area contributed by atoms with Gasteiger partial charge in [-0.15, -0.1) is 4.98 Å². The van der Waals surface area contributed by atoms with Crippen molar-refractivity contribution in [3.05, 3.63) is 5.82 Å². The lowest BCUT2D eigenvalue weighted by Gasteiger charge is -2.02. The standard InChI is InChI=1S/C7H9N3O4/c1-13-6-8-4(3-5(11)12)9-7(10-6)14-2/h3H2,1-2H3,(H,11,12). The van der Waals surface area contributed by atoms with E-state index < -0.39 is 5.97 Å². The van der Waals surface area contributed by atoms with E-state index >= 15 is 0 Å². The number of aromatic nitrogens is 3. The minimum absolute atomic E-state index is 0.0353. The summed E-state index contributed by atoms with van der Waals surface area (Å²) in [5, 5.41) is 8.51. The molecule has 0 saturated heterocycles. The first-order valence-corrected chi connectivity index (χ1v) is 3.70. The van der Waals surface area contributed by atoms with Gasteiger partial charge in [-0.25, -0.2) is 0 Å². The number of carbonyl (C=O) groups is 1. The number of nitrogens with zero attached hydrogens (tertiary/aromatic N) is 3. The zero-order chi connectivity index (χ0) is 10.6. The maximum atomic E-state index is 10.4. The summed E-state index contributed by atoms with van der Waals surface area (Å²) in [5.41, 5.74) is 0. The van der Waals surface area contributed by atoms with Gasteiger partial charge in [-0.05, 0) is 0 Å². The summed E-state index contributed by atoms with van der Waals surface area (Å²) in [5.74, 6) is -0.929. The number of aliphatic carboxylic acids is 1. The molecule has 0 bridgehead atoms. The van der Waals surface area contributed by atoms with Crippen molar-refractivity contribution in [2.75, 3.05) is 14.2 Å². The quantitative estimate of drug-likeness (QED) is 0.699. The predicted octanol–water partition coefficient (Wildman–Crippen LogP) is -0.484. The zero-order valence-electron chi connectivity index (χ0n) is 7.72. The van der Waals surface area contributed by atoms with Gasteiger partial charge in [0, 0.05) is 0 Å². The van der Waals surface area contributed by atoms with Crippen LogP contribution in [0.15, 0.2) is 0 Å². The van der Waals surface area contributed by atoms with Gasteiger partial charge in [0.1, 0.15) is 6.42 Å². The number of carboxylic acids is 1. The molecule has 1 N–H and O–H groups in total. The van der Waals surface area contributed by atoms with Crippen LogP contribution in [0.1, 0.15) is 5.82 Å². The lowest BCUT2D eigenvalue weighted by Crippen LogP contribution is -2.08. The molecule has 1 rings (SSSR count). The molecule has 0 aliphatic carbocycles. The number of rotatable bonds is 4. The topological polar surface area (TPSA) is 94.4 Å². The summed E-state index contributed by atoms with van der Waals surface area (Å²) in [6, 6.07) is 0.0706. The normalized spacial score (nSPS) is 9.57. The van der Waals surface area contributed by atoms with Gasteiger partial charge in [-0.3, -0.25) is 4.79 Å². The first-order chi connectivity index (χ1) is 6.65. The zero-order valence-corrected chi connectivity index (χ0v) is 7.72. The number of ether oxygens (including phenoxy) is 2. The average Bonchev–Trinajstić information content (AvgIpc) is 2.16. The van der Waals surface area contributed by atoms with Crippen LogP contribution in [0.3, 0.4) is 0 Å². The van der Waals surface area contributed by atoms with E-state index in [4.69, 9.17) is 14.6 Å². The van der Waals surface area contributed by atoms with Crippen LogP contribution in [0.4, 0.5) is 0 Å². The Morgan fingerprint density at radius 3 is 2.07 bits per heavy atom. The highest BCUT2D eigenvalue weighted by molar-refractivity contribution is 5.68. The Kier molecular flexibility index (Phi) is 3.16.